The summed E-state index contributed by atoms with van der Waals surface area (Å²) in [6.07, 6.45) is 6.08. The molecule has 0 spiro atoms. The largest absolute Gasteiger partial charge is 0.463 e. The van der Waals surface area contributed by atoms with Crippen molar-refractivity contribution >= 4 is 22.8 Å². The maximum absolute atomic E-state index is 12.5. The third-order valence-electron chi connectivity index (χ3n) is 4.73. The summed E-state index contributed by atoms with van der Waals surface area (Å²) < 4.78 is 16.2. The fourth-order valence-electron chi connectivity index (χ4n) is 3.18. The van der Waals surface area contributed by atoms with Crippen LogP contribution < -0.4 is 0 Å². The van der Waals surface area contributed by atoms with Crippen molar-refractivity contribution < 1.29 is 23.2 Å². The molecule has 0 atom stereocenters. The molecule has 4 heterocycles. The fraction of sp³-hybridized carbons (Fsp3) is 0.0417. The lowest BCUT2D eigenvalue weighted by Gasteiger charge is -2.08. The molecule has 0 fully saturated rings. The number of ketones is 1. The number of pyridine rings is 1. The molecule has 0 saturated heterocycles. The lowest BCUT2D eigenvalue weighted by atomic mass is 10.1. The molecular weight excluding hydrogens is 410 g/mol. The summed E-state index contributed by atoms with van der Waals surface area (Å²) >= 11 is 0. The van der Waals surface area contributed by atoms with E-state index in [1.54, 1.807) is 73.3 Å². The first kappa shape index (κ1) is 19.4. The Morgan fingerprint density at radius 2 is 1.53 bits per heavy atom. The van der Waals surface area contributed by atoms with Crippen LogP contribution in [0, 0.1) is 0 Å². The zero-order chi connectivity index (χ0) is 21.9. The molecule has 32 heavy (non-hydrogen) atoms. The molecule has 0 aliphatic heterocycles. The Kier molecular flexibility index (Phi) is 5.01. The maximum atomic E-state index is 12.5. The van der Waals surface area contributed by atoms with Gasteiger partial charge in [0.25, 0.3) is 0 Å². The van der Waals surface area contributed by atoms with Crippen molar-refractivity contribution in [3.8, 4) is 22.9 Å². The molecule has 156 valence electrons. The molecule has 0 bridgehead atoms. The topological polar surface area (TPSA) is 108 Å². The van der Waals surface area contributed by atoms with E-state index in [1.807, 2.05) is 0 Å². The standard InChI is InChI=1S/C24H15N3O5/c28-19(16-4-1-9-25-13-16)14-32-24(29)15-7-8-17-18(12-15)27-23(21-6-3-11-31-21)22(26-17)20-5-2-10-30-20/h1-13H,14H2. The van der Waals surface area contributed by atoms with Crippen molar-refractivity contribution in [2.45, 2.75) is 0 Å². The third-order valence-corrected chi connectivity index (χ3v) is 4.73. The fourth-order valence-corrected chi connectivity index (χ4v) is 3.18. The number of rotatable bonds is 6. The van der Waals surface area contributed by atoms with Crippen LogP contribution in [0.5, 0.6) is 0 Å². The zero-order valence-electron chi connectivity index (χ0n) is 16.6. The summed E-state index contributed by atoms with van der Waals surface area (Å²) in [5.74, 6) is 0.0832. The van der Waals surface area contributed by atoms with Gasteiger partial charge in [0.2, 0.25) is 5.78 Å². The quantitative estimate of drug-likeness (QED) is 0.287. The molecule has 5 aromatic rings. The van der Waals surface area contributed by atoms with Gasteiger partial charge in [-0.05, 0) is 54.6 Å². The van der Waals surface area contributed by atoms with Crippen LogP contribution in [0.3, 0.4) is 0 Å². The van der Waals surface area contributed by atoms with Crippen LogP contribution in [0.15, 0.2) is 88.4 Å². The highest BCUT2D eigenvalue weighted by molar-refractivity contribution is 6.00. The number of fused-ring (bicyclic) bond motifs is 1. The van der Waals surface area contributed by atoms with Crippen LogP contribution in [0.1, 0.15) is 20.7 Å². The monoisotopic (exact) mass is 425 g/mol. The molecule has 0 aliphatic rings. The zero-order valence-corrected chi connectivity index (χ0v) is 16.6. The molecule has 0 unspecified atom stereocenters. The summed E-state index contributed by atoms with van der Waals surface area (Å²) in [6, 6.07) is 15.1. The normalized spacial score (nSPS) is 10.9. The first-order valence-corrected chi connectivity index (χ1v) is 9.69. The minimum absolute atomic E-state index is 0.252. The molecule has 0 saturated carbocycles. The van der Waals surface area contributed by atoms with Crippen LogP contribution in [-0.4, -0.2) is 33.3 Å². The SMILES string of the molecule is O=C(COC(=O)c1ccc2nc(-c3ccco3)c(-c3ccco3)nc2c1)c1cccnc1. The second-order valence-corrected chi connectivity index (χ2v) is 6.82. The van der Waals surface area contributed by atoms with Gasteiger partial charge in [0.15, 0.2) is 18.1 Å². The van der Waals surface area contributed by atoms with Crippen LogP contribution in [0.25, 0.3) is 33.9 Å². The first-order chi connectivity index (χ1) is 15.7. The summed E-state index contributed by atoms with van der Waals surface area (Å²) in [6.45, 7) is -0.386. The molecule has 8 heteroatoms. The van der Waals surface area contributed by atoms with Gasteiger partial charge in [-0.2, -0.15) is 0 Å². The number of benzene rings is 1. The van der Waals surface area contributed by atoms with Gasteiger partial charge in [0.1, 0.15) is 11.4 Å². The number of furan rings is 2. The van der Waals surface area contributed by atoms with Gasteiger partial charge in [0.05, 0.1) is 29.1 Å². The maximum Gasteiger partial charge on any atom is 0.338 e. The number of nitrogens with zero attached hydrogens (tertiary/aromatic N) is 3. The van der Waals surface area contributed by atoms with Crippen molar-refractivity contribution in [1.29, 1.82) is 0 Å². The van der Waals surface area contributed by atoms with Crippen molar-refractivity contribution in [3.05, 3.63) is 90.6 Å². The number of hydrogen-bond acceptors (Lipinski definition) is 8. The Balaban J connectivity index is 1.45. The van der Waals surface area contributed by atoms with E-state index in [2.05, 4.69) is 15.0 Å². The van der Waals surface area contributed by atoms with E-state index >= 15 is 0 Å². The van der Waals surface area contributed by atoms with Crippen molar-refractivity contribution in [3.63, 3.8) is 0 Å². The second kappa shape index (κ2) is 8.27. The highest BCUT2D eigenvalue weighted by atomic mass is 16.5. The van der Waals surface area contributed by atoms with E-state index < -0.39 is 5.97 Å². The van der Waals surface area contributed by atoms with E-state index in [4.69, 9.17) is 13.6 Å². The van der Waals surface area contributed by atoms with Crippen LogP contribution in [0.2, 0.25) is 0 Å². The van der Waals surface area contributed by atoms with Gasteiger partial charge >= 0.3 is 5.97 Å². The molecule has 5 rings (SSSR count). The number of aromatic nitrogens is 3. The molecule has 0 radical (unpaired) electrons. The van der Waals surface area contributed by atoms with Gasteiger partial charge in [-0.25, -0.2) is 14.8 Å². The van der Waals surface area contributed by atoms with Crippen molar-refractivity contribution in [2.24, 2.45) is 0 Å². The highest BCUT2D eigenvalue weighted by Gasteiger charge is 2.19. The van der Waals surface area contributed by atoms with E-state index in [1.165, 1.54) is 6.20 Å². The Morgan fingerprint density at radius 3 is 2.16 bits per heavy atom. The number of carbonyl (C=O) groups excluding carboxylic acids is 2. The van der Waals surface area contributed by atoms with E-state index in [0.29, 0.717) is 39.5 Å². The van der Waals surface area contributed by atoms with Crippen molar-refractivity contribution in [1.82, 2.24) is 15.0 Å². The molecule has 1 aromatic carbocycles. The van der Waals surface area contributed by atoms with Gasteiger partial charge in [-0.15, -0.1) is 0 Å². The highest BCUT2D eigenvalue weighted by Crippen LogP contribution is 2.31. The van der Waals surface area contributed by atoms with Crippen LogP contribution >= 0.6 is 0 Å². The Hall–Kier alpha value is -4.59. The van der Waals surface area contributed by atoms with Gasteiger partial charge in [0, 0.05) is 18.0 Å². The van der Waals surface area contributed by atoms with Crippen LogP contribution in [-0.2, 0) is 4.74 Å². The summed E-state index contributed by atoms with van der Waals surface area (Å²) in [5.41, 5.74) is 2.67. The summed E-state index contributed by atoms with van der Waals surface area (Å²) in [4.78, 5) is 37.9. The predicted molar refractivity (Wildman–Crippen MR) is 114 cm³/mol. The van der Waals surface area contributed by atoms with Gasteiger partial charge < -0.3 is 13.6 Å². The second-order valence-electron chi connectivity index (χ2n) is 6.82. The average Bonchev–Trinajstić information content (AvgIpc) is 3.56. The van der Waals surface area contributed by atoms with Gasteiger partial charge in [-0.1, -0.05) is 0 Å². The summed E-state index contributed by atoms with van der Waals surface area (Å²) in [5, 5.41) is 0. The van der Waals surface area contributed by atoms with Crippen molar-refractivity contribution in [2.75, 3.05) is 6.61 Å². The number of esters is 1. The number of carbonyl (C=O) groups is 2. The molecule has 0 aliphatic carbocycles. The minimum Gasteiger partial charge on any atom is -0.463 e. The van der Waals surface area contributed by atoms with E-state index in [0.717, 1.165) is 0 Å². The number of ether oxygens (including phenoxy) is 1. The average molecular weight is 425 g/mol. The van der Waals surface area contributed by atoms with E-state index in [9.17, 15) is 9.59 Å². The Bertz CT molecular complexity index is 1390. The molecular formula is C24H15N3O5. The smallest absolute Gasteiger partial charge is 0.338 e. The summed E-state index contributed by atoms with van der Waals surface area (Å²) in [7, 11) is 0. The Morgan fingerprint density at radius 1 is 0.812 bits per heavy atom. The Labute approximate surface area is 181 Å². The molecule has 0 amide bonds. The minimum atomic E-state index is -0.638. The van der Waals surface area contributed by atoms with E-state index in [-0.39, 0.29) is 18.0 Å². The predicted octanol–water partition coefficient (Wildman–Crippen LogP) is 4.58. The molecule has 8 nitrogen and oxygen atoms in total. The first-order valence-electron chi connectivity index (χ1n) is 9.69. The van der Waals surface area contributed by atoms with Gasteiger partial charge in [-0.3, -0.25) is 9.78 Å². The lowest BCUT2D eigenvalue weighted by molar-refractivity contribution is 0.0475. The number of hydrogen-bond donors (Lipinski definition) is 0. The number of Topliss-reactive ketones (excluding diaryl/α,β-unsaturated/α-hetero) is 1. The third kappa shape index (κ3) is 3.77. The lowest BCUT2D eigenvalue weighted by Crippen LogP contribution is -2.14. The molecule has 0 N–H and O–H groups in total. The molecule has 4 aromatic heterocycles. The van der Waals surface area contributed by atoms with Crippen LogP contribution in [0.4, 0.5) is 0 Å².